The largest absolute Gasteiger partial charge is 0.523 e. The van der Waals surface area contributed by atoms with Crippen LogP contribution in [0.4, 0.5) is 13.2 Å². The Morgan fingerprint density at radius 1 is 0.892 bits per heavy atom. The van der Waals surface area contributed by atoms with Crippen molar-refractivity contribution in [1.29, 1.82) is 0 Å². The first-order valence-electron chi connectivity index (χ1n) is 14.5. The van der Waals surface area contributed by atoms with Gasteiger partial charge in [0, 0.05) is 12.3 Å². The molecule has 0 N–H and O–H groups in total. The van der Waals surface area contributed by atoms with Gasteiger partial charge in [0.25, 0.3) is 0 Å². The van der Waals surface area contributed by atoms with Crippen molar-refractivity contribution < 1.29 is 35.2 Å². The molecule has 212 valence electrons. The van der Waals surface area contributed by atoms with Gasteiger partial charge in [-0.3, -0.25) is 4.18 Å². The van der Waals surface area contributed by atoms with Crippen LogP contribution >= 0.6 is 0 Å². The van der Waals surface area contributed by atoms with E-state index in [1.54, 1.807) is 0 Å². The van der Waals surface area contributed by atoms with Crippen LogP contribution in [0.3, 0.4) is 0 Å². The van der Waals surface area contributed by atoms with Crippen molar-refractivity contribution >= 4 is 10.1 Å². The second-order valence-electron chi connectivity index (χ2n) is 14.1. The maximum atomic E-state index is 12.9. The van der Waals surface area contributed by atoms with Crippen molar-refractivity contribution in [3.63, 3.8) is 0 Å². The van der Waals surface area contributed by atoms with E-state index in [1.165, 1.54) is 0 Å². The lowest BCUT2D eigenvalue weighted by molar-refractivity contribution is -0.273. The average molecular weight is 549 g/mol. The zero-order chi connectivity index (χ0) is 26.6. The first-order chi connectivity index (χ1) is 17.2. The van der Waals surface area contributed by atoms with E-state index in [9.17, 15) is 21.6 Å². The molecule has 5 nitrogen and oxygen atoms in total. The van der Waals surface area contributed by atoms with E-state index in [0.29, 0.717) is 48.3 Å². The molecule has 0 amide bonds. The summed E-state index contributed by atoms with van der Waals surface area (Å²) in [4.78, 5) is 0. The lowest BCUT2D eigenvalue weighted by Crippen LogP contribution is -2.55. The van der Waals surface area contributed by atoms with Crippen LogP contribution in [0.1, 0.15) is 91.9 Å². The van der Waals surface area contributed by atoms with E-state index in [-0.39, 0.29) is 22.9 Å². The molecule has 6 fully saturated rings. The molecule has 12 atom stereocenters. The molecule has 2 saturated heterocycles. The van der Waals surface area contributed by atoms with Gasteiger partial charge in [-0.1, -0.05) is 27.7 Å². The molecule has 8 unspecified atom stereocenters. The van der Waals surface area contributed by atoms with Crippen LogP contribution in [0.5, 0.6) is 0 Å². The second kappa shape index (κ2) is 8.56. The Morgan fingerprint density at radius 2 is 1.62 bits per heavy atom. The second-order valence-corrected chi connectivity index (χ2v) is 15.6. The lowest BCUT2D eigenvalue weighted by Gasteiger charge is -2.61. The first-order valence-corrected chi connectivity index (χ1v) is 15.9. The minimum atomic E-state index is -5.55. The van der Waals surface area contributed by atoms with Crippen LogP contribution in [0.25, 0.3) is 0 Å². The predicted octanol–water partition coefficient (Wildman–Crippen LogP) is 6.67. The van der Waals surface area contributed by atoms with E-state index in [1.807, 2.05) is 0 Å². The van der Waals surface area contributed by atoms with Gasteiger partial charge in [0.1, 0.15) is 0 Å². The van der Waals surface area contributed by atoms with E-state index in [4.69, 9.17) is 13.7 Å². The third-order valence-corrected chi connectivity index (χ3v) is 13.5. The zero-order valence-electron chi connectivity index (χ0n) is 22.6. The van der Waals surface area contributed by atoms with Gasteiger partial charge in [-0.25, -0.2) is 0 Å². The maximum Gasteiger partial charge on any atom is 0.523 e. The van der Waals surface area contributed by atoms with Crippen molar-refractivity contribution in [2.24, 2.45) is 52.3 Å². The van der Waals surface area contributed by atoms with Crippen LogP contribution in [0, 0.1) is 52.3 Å². The Kier molecular flexibility index (Phi) is 6.21. The van der Waals surface area contributed by atoms with Gasteiger partial charge in [-0.05, 0) is 104 Å². The highest BCUT2D eigenvalue weighted by atomic mass is 32.2. The van der Waals surface area contributed by atoms with Crippen LogP contribution in [-0.2, 0) is 23.8 Å². The number of alkyl halides is 3. The maximum absolute atomic E-state index is 12.9. The highest BCUT2D eigenvalue weighted by Crippen LogP contribution is 2.71. The van der Waals surface area contributed by atoms with Crippen molar-refractivity contribution in [3.05, 3.63) is 0 Å². The van der Waals surface area contributed by atoms with Gasteiger partial charge in [0.2, 0.25) is 0 Å². The van der Waals surface area contributed by atoms with E-state index in [2.05, 4.69) is 27.7 Å². The van der Waals surface area contributed by atoms with Gasteiger partial charge in [-0.2, -0.15) is 21.6 Å². The highest BCUT2D eigenvalue weighted by molar-refractivity contribution is 7.87. The van der Waals surface area contributed by atoms with Crippen molar-refractivity contribution in [3.8, 4) is 0 Å². The quantitative estimate of drug-likeness (QED) is 0.285. The molecule has 4 saturated carbocycles. The first kappa shape index (κ1) is 26.8. The van der Waals surface area contributed by atoms with E-state index >= 15 is 0 Å². The topological polar surface area (TPSA) is 61.8 Å². The number of hydrogen-bond donors (Lipinski definition) is 0. The number of ether oxygens (including phenoxy) is 2. The zero-order valence-corrected chi connectivity index (χ0v) is 23.4. The number of fused-ring (bicyclic) bond motifs is 7. The molecule has 37 heavy (non-hydrogen) atoms. The molecule has 0 radical (unpaired) electrons. The van der Waals surface area contributed by atoms with Crippen LogP contribution in [-0.4, -0.2) is 38.5 Å². The lowest BCUT2D eigenvalue weighted by atomic mass is 9.44. The predicted molar refractivity (Wildman–Crippen MR) is 132 cm³/mol. The normalized spacial score (nSPS) is 53.9. The summed E-state index contributed by atoms with van der Waals surface area (Å²) in [5.74, 6) is 3.00. The summed E-state index contributed by atoms with van der Waals surface area (Å²) in [5.41, 5.74) is -5.11. The number of rotatable bonds is 2. The third kappa shape index (κ3) is 3.90. The summed E-state index contributed by atoms with van der Waals surface area (Å²) in [6.45, 7) is 10.2. The number of halogens is 3. The fourth-order valence-electron chi connectivity index (χ4n) is 10.6. The van der Waals surface area contributed by atoms with Gasteiger partial charge < -0.3 is 9.47 Å². The minimum absolute atomic E-state index is 0.0279. The molecular formula is C28H43F3O5S. The summed E-state index contributed by atoms with van der Waals surface area (Å²) < 4.78 is 79.9. The van der Waals surface area contributed by atoms with Crippen LogP contribution in [0.2, 0.25) is 0 Å². The van der Waals surface area contributed by atoms with E-state index < -0.39 is 27.5 Å². The standard InChI is InChI=1S/C28H43F3O5S/c1-16-7-12-27(34-15-16)17(2)24-23(35-27)14-22-20-6-5-18-13-19(36-37(32,33)28(29,30)31)8-10-25(18,3)21(20)9-11-26(22,24)4/h16-24H,5-15H2,1-4H3/t16-,17?,18?,19+,20?,21?,22?,23?,24?,25+,26+,27?/m1/s1. The van der Waals surface area contributed by atoms with Crippen molar-refractivity contribution in [1.82, 2.24) is 0 Å². The highest BCUT2D eigenvalue weighted by Gasteiger charge is 2.69. The molecule has 0 aromatic carbocycles. The Bertz CT molecular complexity index is 1010. The van der Waals surface area contributed by atoms with Gasteiger partial charge in [-0.15, -0.1) is 0 Å². The van der Waals surface area contributed by atoms with Crippen molar-refractivity contribution in [2.45, 2.75) is 115 Å². The molecule has 0 bridgehead atoms. The molecule has 0 aromatic heterocycles. The fraction of sp³-hybridized carbons (Fsp3) is 1.00. The summed E-state index contributed by atoms with van der Waals surface area (Å²) in [5, 5.41) is 0. The Hall–Kier alpha value is -0.380. The van der Waals surface area contributed by atoms with E-state index in [0.717, 1.165) is 58.0 Å². The molecule has 2 heterocycles. The monoisotopic (exact) mass is 548 g/mol. The van der Waals surface area contributed by atoms with Crippen LogP contribution in [0.15, 0.2) is 0 Å². The van der Waals surface area contributed by atoms with Gasteiger partial charge in [0.15, 0.2) is 5.79 Å². The molecule has 6 aliphatic rings. The Balaban J connectivity index is 1.17. The molecule has 1 spiro atoms. The smallest absolute Gasteiger partial charge is 0.349 e. The van der Waals surface area contributed by atoms with Crippen molar-refractivity contribution in [2.75, 3.05) is 6.61 Å². The van der Waals surface area contributed by atoms with Crippen LogP contribution < -0.4 is 0 Å². The third-order valence-electron chi connectivity index (χ3n) is 12.4. The average Bonchev–Trinajstić information content (AvgIpc) is 3.25. The number of hydrogen-bond acceptors (Lipinski definition) is 5. The summed E-state index contributed by atoms with van der Waals surface area (Å²) in [6, 6.07) is 0. The molecule has 6 rings (SSSR count). The minimum Gasteiger partial charge on any atom is -0.349 e. The molecule has 0 aromatic rings. The Labute approximate surface area is 219 Å². The molecule has 4 aliphatic carbocycles. The van der Waals surface area contributed by atoms with Gasteiger partial charge in [0.05, 0.1) is 18.8 Å². The fourth-order valence-corrected chi connectivity index (χ4v) is 11.2. The summed E-state index contributed by atoms with van der Waals surface area (Å²) in [7, 11) is -5.55. The molecule has 2 aliphatic heterocycles. The van der Waals surface area contributed by atoms with Gasteiger partial charge >= 0.3 is 15.6 Å². The molecule has 9 heteroatoms. The summed E-state index contributed by atoms with van der Waals surface area (Å²) in [6.07, 6.45) is 8.42. The Morgan fingerprint density at radius 3 is 2.30 bits per heavy atom. The molecular weight excluding hydrogens is 505 g/mol. The summed E-state index contributed by atoms with van der Waals surface area (Å²) >= 11 is 0. The SMILES string of the molecule is CC1C2C(CC3C4CCC5C[C@@H](OS(=O)(=O)C(F)(F)F)CC[C@]5(C)C4CC[C@@]32C)OC12CC[C@@H](C)CO2.